The largest absolute Gasteiger partial charge is 0.348 e. The second-order valence-electron chi connectivity index (χ2n) is 3.40. The molecular formula is C11H13N3O. The van der Waals surface area contributed by atoms with E-state index in [0.29, 0.717) is 5.69 Å². The maximum atomic E-state index is 11.2. The minimum Gasteiger partial charge on any atom is -0.348 e. The standard InChI is InChI=1S/C11H13N3O/c1-8(2)13(4)10-5-11(9(3)15)14(6-10)7-12/h5-6H,1H2,2-4H3. The molecule has 0 radical (unpaired) electrons. The number of nitrogens with zero attached hydrogens (tertiary/aromatic N) is 3. The second-order valence-corrected chi connectivity index (χ2v) is 3.40. The Bertz CT molecular complexity index is 451. The number of carbonyl (C=O) groups is 1. The van der Waals surface area contributed by atoms with Crippen LogP contribution in [0.1, 0.15) is 24.3 Å². The van der Waals surface area contributed by atoms with Crippen LogP contribution in [0.15, 0.2) is 24.5 Å². The number of aromatic nitrogens is 1. The smallest absolute Gasteiger partial charge is 0.188 e. The summed E-state index contributed by atoms with van der Waals surface area (Å²) in [4.78, 5) is 13.0. The molecule has 1 aromatic heterocycles. The quantitative estimate of drug-likeness (QED) is 0.706. The van der Waals surface area contributed by atoms with Crippen molar-refractivity contribution in [3.63, 3.8) is 0 Å². The van der Waals surface area contributed by atoms with Gasteiger partial charge in [-0.25, -0.2) is 4.57 Å². The van der Waals surface area contributed by atoms with Gasteiger partial charge in [-0.15, -0.1) is 0 Å². The van der Waals surface area contributed by atoms with Crippen LogP contribution in [-0.4, -0.2) is 17.4 Å². The number of rotatable bonds is 3. The van der Waals surface area contributed by atoms with E-state index in [1.165, 1.54) is 11.5 Å². The molecule has 0 aliphatic heterocycles. The van der Waals surface area contributed by atoms with Crippen molar-refractivity contribution >= 4 is 11.5 Å². The first kappa shape index (κ1) is 11.1. The molecule has 0 saturated heterocycles. The summed E-state index contributed by atoms with van der Waals surface area (Å²) in [6.45, 7) is 7.09. The number of carbonyl (C=O) groups excluding carboxylic acids is 1. The number of hydrogen-bond donors (Lipinski definition) is 0. The Balaban J connectivity index is 3.20. The van der Waals surface area contributed by atoms with Crippen LogP contribution >= 0.6 is 0 Å². The summed E-state index contributed by atoms with van der Waals surface area (Å²) < 4.78 is 1.26. The number of hydrogen-bond acceptors (Lipinski definition) is 3. The summed E-state index contributed by atoms with van der Waals surface area (Å²) in [7, 11) is 1.84. The van der Waals surface area contributed by atoms with E-state index in [4.69, 9.17) is 5.26 Å². The molecule has 0 unspecified atom stereocenters. The predicted octanol–water partition coefficient (Wildman–Crippen LogP) is 1.99. The Morgan fingerprint density at radius 2 is 2.20 bits per heavy atom. The lowest BCUT2D eigenvalue weighted by molar-refractivity contribution is 0.101. The molecule has 1 heterocycles. The van der Waals surface area contributed by atoms with Crippen molar-refractivity contribution in [1.29, 1.82) is 5.26 Å². The van der Waals surface area contributed by atoms with Gasteiger partial charge in [0.25, 0.3) is 0 Å². The Morgan fingerprint density at radius 3 is 2.53 bits per heavy atom. The van der Waals surface area contributed by atoms with Crippen LogP contribution in [0.5, 0.6) is 0 Å². The summed E-state index contributed by atoms with van der Waals surface area (Å²) in [5.74, 6) is -0.127. The fourth-order valence-electron chi connectivity index (χ4n) is 1.21. The van der Waals surface area contributed by atoms with E-state index >= 15 is 0 Å². The molecule has 0 fully saturated rings. The van der Waals surface area contributed by atoms with Crippen LogP contribution in [0.4, 0.5) is 5.69 Å². The molecule has 0 N–H and O–H groups in total. The van der Waals surface area contributed by atoms with Gasteiger partial charge in [0.2, 0.25) is 0 Å². The van der Waals surface area contributed by atoms with Crippen molar-refractivity contribution in [2.45, 2.75) is 13.8 Å². The molecule has 1 rings (SSSR count). The second kappa shape index (κ2) is 4.01. The molecule has 4 nitrogen and oxygen atoms in total. The SMILES string of the molecule is C=C(C)N(C)c1cc(C(C)=O)n(C#N)c1. The highest BCUT2D eigenvalue weighted by molar-refractivity contribution is 5.94. The van der Waals surface area contributed by atoms with Gasteiger partial charge in [-0.3, -0.25) is 4.79 Å². The normalized spacial score (nSPS) is 9.47. The Labute approximate surface area is 89.0 Å². The van der Waals surface area contributed by atoms with Gasteiger partial charge in [0.15, 0.2) is 12.0 Å². The lowest BCUT2D eigenvalue weighted by atomic mass is 10.3. The number of ketones is 1. The van der Waals surface area contributed by atoms with Gasteiger partial charge in [-0.2, -0.15) is 5.26 Å². The monoisotopic (exact) mass is 203 g/mol. The van der Waals surface area contributed by atoms with E-state index in [1.807, 2.05) is 25.1 Å². The zero-order valence-corrected chi connectivity index (χ0v) is 9.11. The van der Waals surface area contributed by atoms with Gasteiger partial charge in [-0.1, -0.05) is 6.58 Å². The molecule has 0 aliphatic rings. The topological polar surface area (TPSA) is 49.0 Å². The molecule has 0 saturated carbocycles. The summed E-state index contributed by atoms with van der Waals surface area (Å²) >= 11 is 0. The molecule has 0 bridgehead atoms. The summed E-state index contributed by atoms with van der Waals surface area (Å²) in [5, 5.41) is 8.82. The molecule has 0 aliphatic carbocycles. The van der Waals surface area contributed by atoms with Crippen LogP contribution in [0.25, 0.3) is 0 Å². The number of Topliss-reactive ketones (excluding diaryl/α,β-unsaturated/α-hetero) is 1. The zero-order chi connectivity index (χ0) is 11.6. The van der Waals surface area contributed by atoms with Gasteiger partial charge in [-0.05, 0) is 13.0 Å². The minimum atomic E-state index is -0.127. The zero-order valence-electron chi connectivity index (χ0n) is 9.11. The molecule has 4 heteroatoms. The van der Waals surface area contributed by atoms with E-state index in [9.17, 15) is 4.79 Å². The van der Waals surface area contributed by atoms with Crippen LogP contribution in [-0.2, 0) is 0 Å². The van der Waals surface area contributed by atoms with Crippen molar-refractivity contribution in [2.24, 2.45) is 0 Å². The fourth-order valence-corrected chi connectivity index (χ4v) is 1.21. The third-order valence-corrected chi connectivity index (χ3v) is 2.23. The highest BCUT2D eigenvalue weighted by Crippen LogP contribution is 2.20. The van der Waals surface area contributed by atoms with E-state index in [2.05, 4.69) is 6.58 Å². The van der Waals surface area contributed by atoms with Crippen molar-refractivity contribution in [2.75, 3.05) is 11.9 Å². The number of anilines is 1. The van der Waals surface area contributed by atoms with Gasteiger partial charge < -0.3 is 4.90 Å². The third kappa shape index (κ3) is 2.08. The van der Waals surface area contributed by atoms with Crippen molar-refractivity contribution in [1.82, 2.24) is 4.57 Å². The molecule has 0 spiro atoms. The Morgan fingerprint density at radius 1 is 1.60 bits per heavy atom. The molecule has 0 aromatic carbocycles. The average molecular weight is 203 g/mol. The van der Waals surface area contributed by atoms with E-state index in [0.717, 1.165) is 11.4 Å². The third-order valence-electron chi connectivity index (χ3n) is 2.23. The molecule has 15 heavy (non-hydrogen) atoms. The minimum absolute atomic E-state index is 0.127. The predicted molar refractivity (Wildman–Crippen MR) is 58.7 cm³/mol. The van der Waals surface area contributed by atoms with E-state index < -0.39 is 0 Å². The lowest BCUT2D eigenvalue weighted by Crippen LogP contribution is -2.12. The van der Waals surface area contributed by atoms with E-state index in [1.54, 1.807) is 12.3 Å². The van der Waals surface area contributed by atoms with Crippen LogP contribution in [0, 0.1) is 11.5 Å². The fraction of sp³-hybridized carbons (Fsp3) is 0.273. The van der Waals surface area contributed by atoms with Crippen molar-refractivity contribution in [3.05, 3.63) is 30.2 Å². The Kier molecular flexibility index (Phi) is 2.96. The van der Waals surface area contributed by atoms with E-state index in [-0.39, 0.29) is 5.78 Å². The maximum absolute atomic E-state index is 11.2. The molecular weight excluding hydrogens is 190 g/mol. The van der Waals surface area contributed by atoms with Gasteiger partial charge in [0.1, 0.15) is 5.69 Å². The highest BCUT2D eigenvalue weighted by atomic mass is 16.1. The lowest BCUT2D eigenvalue weighted by Gasteiger charge is -2.16. The molecule has 0 atom stereocenters. The highest BCUT2D eigenvalue weighted by Gasteiger charge is 2.12. The van der Waals surface area contributed by atoms with Gasteiger partial charge >= 0.3 is 0 Å². The summed E-state index contributed by atoms with van der Waals surface area (Å²) in [5.41, 5.74) is 2.02. The average Bonchev–Trinajstić information content (AvgIpc) is 2.59. The first-order valence-corrected chi connectivity index (χ1v) is 4.50. The summed E-state index contributed by atoms with van der Waals surface area (Å²) in [6.07, 6.45) is 3.55. The van der Waals surface area contributed by atoms with Crippen molar-refractivity contribution < 1.29 is 4.79 Å². The maximum Gasteiger partial charge on any atom is 0.188 e. The first-order valence-electron chi connectivity index (χ1n) is 4.50. The number of nitriles is 1. The van der Waals surface area contributed by atoms with Crippen molar-refractivity contribution in [3.8, 4) is 6.19 Å². The molecule has 1 aromatic rings. The van der Waals surface area contributed by atoms with Gasteiger partial charge in [0.05, 0.1) is 5.69 Å². The first-order chi connectivity index (χ1) is 6.97. The number of allylic oxidation sites excluding steroid dienone is 1. The van der Waals surface area contributed by atoms with Crippen LogP contribution in [0.3, 0.4) is 0 Å². The summed E-state index contributed by atoms with van der Waals surface area (Å²) in [6, 6.07) is 1.68. The van der Waals surface area contributed by atoms with Crippen LogP contribution in [0.2, 0.25) is 0 Å². The Hall–Kier alpha value is -2.02. The van der Waals surface area contributed by atoms with Crippen LogP contribution < -0.4 is 4.90 Å². The van der Waals surface area contributed by atoms with Gasteiger partial charge in [0, 0.05) is 25.9 Å². The molecule has 0 amide bonds. The molecule has 78 valence electrons.